The third-order valence-corrected chi connectivity index (χ3v) is 5.44. The lowest BCUT2D eigenvalue weighted by Gasteiger charge is -2.39. The highest BCUT2D eigenvalue weighted by Gasteiger charge is 2.32. The van der Waals surface area contributed by atoms with Crippen molar-refractivity contribution in [1.29, 1.82) is 0 Å². The Morgan fingerprint density at radius 3 is 0.846 bits per heavy atom. The van der Waals surface area contributed by atoms with Crippen LogP contribution in [0.25, 0.3) is 0 Å². The fourth-order valence-corrected chi connectivity index (χ4v) is 2.64. The van der Waals surface area contributed by atoms with Gasteiger partial charge in [-0.15, -0.1) is 0 Å². The zero-order chi connectivity index (χ0) is 20.0. The maximum atomic E-state index is 9.10. The molecule has 26 heavy (non-hydrogen) atoms. The highest BCUT2D eigenvalue weighted by molar-refractivity contribution is 4.84. The maximum absolute atomic E-state index is 9.10. The van der Waals surface area contributed by atoms with Crippen molar-refractivity contribution in [3.05, 3.63) is 0 Å². The molecule has 2 N–H and O–H groups in total. The zero-order valence-electron chi connectivity index (χ0n) is 19.2. The van der Waals surface area contributed by atoms with Crippen molar-refractivity contribution in [2.24, 2.45) is 0 Å². The molecule has 0 radical (unpaired) electrons. The van der Waals surface area contributed by atoms with Crippen LogP contribution in [0.5, 0.6) is 0 Å². The quantitative estimate of drug-likeness (QED) is 0.483. The molecule has 0 aliphatic heterocycles. The molecule has 0 rings (SSSR count). The van der Waals surface area contributed by atoms with Gasteiger partial charge in [0, 0.05) is 0 Å². The molecule has 0 aromatic carbocycles. The van der Waals surface area contributed by atoms with E-state index in [1.807, 2.05) is 0 Å². The summed E-state index contributed by atoms with van der Waals surface area (Å²) < 4.78 is 1.42. The maximum Gasteiger partial charge on any atom is 0.0872 e. The van der Waals surface area contributed by atoms with Gasteiger partial charge in [-0.2, -0.15) is 0 Å². The molecule has 0 heterocycles. The first kappa shape index (κ1) is 30.5. The second-order valence-electron chi connectivity index (χ2n) is 8.77. The molecular weight excluding hydrogens is 329 g/mol. The monoisotopic (exact) mass is 379 g/mol. The fourth-order valence-electron chi connectivity index (χ4n) is 2.64. The Bertz CT molecular complexity index is 246. The van der Waals surface area contributed by atoms with Crippen LogP contribution in [0, 0.1) is 0 Å². The first-order valence-corrected chi connectivity index (χ1v) is 10.8. The molecule has 3 nitrogen and oxygen atoms in total. The molecule has 0 aromatic rings. The molecule has 162 valence electrons. The molecule has 0 aromatic heterocycles. The molecule has 0 aliphatic carbocycles. The largest absolute Gasteiger partial charge is 1.00 e. The third kappa shape index (κ3) is 14.9. The van der Waals surface area contributed by atoms with E-state index in [0.717, 1.165) is 0 Å². The number of hydrogen-bond donors (Lipinski definition) is 2. The third-order valence-electron chi connectivity index (χ3n) is 5.44. The Morgan fingerprint density at radius 1 is 0.538 bits per heavy atom. The van der Waals surface area contributed by atoms with Gasteiger partial charge in [0.2, 0.25) is 0 Å². The van der Waals surface area contributed by atoms with Gasteiger partial charge in [-0.05, 0) is 53.4 Å². The summed E-state index contributed by atoms with van der Waals surface area (Å²) in [4.78, 5) is 0. The van der Waals surface area contributed by atoms with Crippen LogP contribution >= 0.6 is 0 Å². The lowest BCUT2D eigenvalue weighted by atomic mass is 9.90. The fraction of sp³-hybridized carbons (Fsp3) is 1.00. The Morgan fingerprint density at radius 2 is 0.731 bits per heavy atom. The highest BCUT2D eigenvalue weighted by atomic mass is 19.0. The van der Waals surface area contributed by atoms with Gasteiger partial charge in [-0.1, -0.05) is 53.4 Å². The van der Waals surface area contributed by atoms with Crippen molar-refractivity contribution < 1.29 is 19.4 Å². The highest BCUT2D eigenvalue weighted by Crippen LogP contribution is 2.19. The number of aliphatic hydroxyl groups is 2. The van der Waals surface area contributed by atoms with Gasteiger partial charge in [0.1, 0.15) is 0 Å². The summed E-state index contributed by atoms with van der Waals surface area (Å²) in [6.07, 6.45) is 11.1. The second kappa shape index (κ2) is 15.8. The van der Waals surface area contributed by atoms with Gasteiger partial charge < -0.3 is 19.4 Å². The van der Waals surface area contributed by atoms with E-state index in [1.54, 1.807) is 27.7 Å². The van der Waals surface area contributed by atoms with Gasteiger partial charge in [-0.25, -0.2) is 0 Å². The first-order chi connectivity index (χ1) is 11.5. The average molecular weight is 380 g/mol. The number of rotatable bonds is 13. The summed E-state index contributed by atoms with van der Waals surface area (Å²) in [5.74, 6) is 0. The topological polar surface area (TPSA) is 40.5 Å². The molecule has 0 saturated carbocycles. The summed E-state index contributed by atoms with van der Waals surface area (Å²) in [5, 5.41) is 18.2. The smallest absolute Gasteiger partial charge is 0.0872 e. The predicted octanol–water partition coefficient (Wildman–Crippen LogP) is 2.54. The van der Waals surface area contributed by atoms with Crippen LogP contribution in [0.3, 0.4) is 0 Å². The van der Waals surface area contributed by atoms with E-state index >= 15 is 0 Å². The molecule has 0 fully saturated rings. The van der Waals surface area contributed by atoms with Crippen LogP contribution in [-0.4, -0.2) is 52.1 Å². The van der Waals surface area contributed by atoms with Gasteiger partial charge >= 0.3 is 0 Å². The Kier molecular flexibility index (Phi) is 18.6. The van der Waals surface area contributed by atoms with E-state index in [4.69, 9.17) is 10.2 Å². The zero-order valence-corrected chi connectivity index (χ0v) is 19.2. The van der Waals surface area contributed by atoms with E-state index in [-0.39, 0.29) is 4.70 Å². The van der Waals surface area contributed by atoms with E-state index in [0.29, 0.717) is 0 Å². The molecule has 0 bridgehead atoms. The lowest BCUT2D eigenvalue weighted by Crippen LogP contribution is -3.00. The number of halogens is 1. The minimum Gasteiger partial charge on any atom is -1.00 e. The van der Waals surface area contributed by atoms with Crippen LogP contribution in [0.15, 0.2) is 0 Å². The van der Waals surface area contributed by atoms with Crippen LogP contribution in [0.2, 0.25) is 0 Å². The van der Waals surface area contributed by atoms with Crippen molar-refractivity contribution in [1.82, 2.24) is 0 Å². The number of quaternary nitrogens is 1. The Labute approximate surface area is 164 Å². The molecule has 0 amide bonds. The summed E-state index contributed by atoms with van der Waals surface area (Å²) in [6.45, 7) is 21.3. The van der Waals surface area contributed by atoms with Crippen LogP contribution in [0.1, 0.15) is 107 Å². The van der Waals surface area contributed by atoms with Crippen LogP contribution < -0.4 is 4.70 Å². The normalized spacial score (nSPS) is 12.2. The van der Waals surface area contributed by atoms with Crippen molar-refractivity contribution in [2.45, 2.75) is 118 Å². The van der Waals surface area contributed by atoms with Gasteiger partial charge in [0.15, 0.2) is 0 Å². The Balaban J connectivity index is -0.000000498. The van der Waals surface area contributed by atoms with Gasteiger partial charge in [0.05, 0.1) is 37.4 Å². The summed E-state index contributed by atoms with van der Waals surface area (Å²) >= 11 is 0. The van der Waals surface area contributed by atoms with Crippen LogP contribution in [-0.2, 0) is 0 Å². The lowest BCUT2D eigenvalue weighted by molar-refractivity contribution is -0.929. The molecule has 0 atom stereocenters. The SMILES string of the molecule is CC(C)(O)C(C)(C)O.CCCC[N+](CCCC)(CCCC)CCCC.[F-]. The number of nitrogens with zero attached hydrogens (tertiary/aromatic N) is 1. The minimum absolute atomic E-state index is 0. The molecule has 0 unspecified atom stereocenters. The molecular formula is C22H50FNO2. The number of unbranched alkanes of at least 4 members (excludes halogenated alkanes) is 4. The number of hydrogen-bond acceptors (Lipinski definition) is 2. The standard InChI is InChI=1S/C16H36N.C6H14O2.FH/c1-5-9-13-17(14-10-6-2,15-11-7-3)16-12-8-4;1-5(2,7)6(3,4)8;/h5-16H2,1-4H3;7-8H,1-4H3;1H/q+1;;/p-1. The summed E-state index contributed by atoms with van der Waals surface area (Å²) in [6, 6.07) is 0. The van der Waals surface area contributed by atoms with E-state index in [9.17, 15) is 0 Å². The van der Waals surface area contributed by atoms with Crippen molar-refractivity contribution >= 4 is 0 Å². The minimum atomic E-state index is -1.01. The van der Waals surface area contributed by atoms with Crippen molar-refractivity contribution in [3.8, 4) is 0 Å². The second-order valence-corrected chi connectivity index (χ2v) is 8.77. The van der Waals surface area contributed by atoms with Gasteiger partial charge in [-0.3, -0.25) is 0 Å². The summed E-state index contributed by atoms with van der Waals surface area (Å²) in [7, 11) is 0. The predicted molar refractivity (Wildman–Crippen MR) is 112 cm³/mol. The van der Waals surface area contributed by atoms with Crippen LogP contribution in [0.4, 0.5) is 0 Å². The van der Waals surface area contributed by atoms with Crippen molar-refractivity contribution in [3.63, 3.8) is 0 Å². The average Bonchev–Trinajstić information content (AvgIpc) is 2.52. The molecule has 4 heteroatoms. The van der Waals surface area contributed by atoms with E-state index in [2.05, 4.69) is 27.7 Å². The van der Waals surface area contributed by atoms with Gasteiger partial charge in [0.25, 0.3) is 0 Å². The molecule has 0 saturated heterocycles. The summed E-state index contributed by atoms with van der Waals surface area (Å²) in [5.41, 5.74) is -2.01. The molecule has 0 aliphatic rings. The molecule has 0 spiro atoms. The Hall–Kier alpha value is -0.190. The van der Waals surface area contributed by atoms with E-state index in [1.165, 1.54) is 82.0 Å². The van der Waals surface area contributed by atoms with E-state index < -0.39 is 11.2 Å². The van der Waals surface area contributed by atoms with Crippen molar-refractivity contribution in [2.75, 3.05) is 26.2 Å². The first-order valence-electron chi connectivity index (χ1n) is 10.8.